The summed E-state index contributed by atoms with van der Waals surface area (Å²) in [6.45, 7) is 10.9. The first-order valence-electron chi connectivity index (χ1n) is 6.27. The van der Waals surface area contributed by atoms with E-state index in [0.29, 0.717) is 0 Å². The van der Waals surface area contributed by atoms with Gasteiger partial charge in [-0.2, -0.15) is 0 Å². The predicted molar refractivity (Wildman–Crippen MR) is 71.2 cm³/mol. The van der Waals surface area contributed by atoms with Gasteiger partial charge in [0.05, 0.1) is 5.41 Å². The Morgan fingerprint density at radius 3 is 2.71 bits per heavy atom. The molecule has 2 heteroatoms. The molecule has 0 atom stereocenters. The van der Waals surface area contributed by atoms with Crippen LogP contribution in [0.4, 0.5) is 5.69 Å². The molecule has 0 unspecified atom stereocenters. The average molecular weight is 230 g/mol. The number of benzene rings is 1. The van der Waals surface area contributed by atoms with Crippen molar-refractivity contribution in [3.63, 3.8) is 0 Å². The number of carbonyl (C=O) groups is 1. The normalized spacial score (nSPS) is 17.4. The Kier molecular flexibility index (Phi) is 2.98. The lowest BCUT2D eigenvalue weighted by Crippen LogP contribution is -2.36. The third kappa shape index (κ3) is 1.86. The van der Waals surface area contributed by atoms with E-state index in [4.69, 9.17) is 0 Å². The first-order valence-corrected chi connectivity index (χ1v) is 6.27. The van der Waals surface area contributed by atoms with Crippen molar-refractivity contribution >= 4 is 11.6 Å². The number of amides is 1. The Hall–Kier alpha value is -1.31. The Balaban J connectivity index is 2.44. The number of hydrogen-bond donors (Lipinski definition) is 0. The van der Waals surface area contributed by atoms with Crippen LogP contribution in [-0.4, -0.2) is 12.5 Å². The summed E-state index contributed by atoms with van der Waals surface area (Å²) in [5.74, 6) is 0.214. The highest BCUT2D eigenvalue weighted by Gasteiger charge is 2.43. The van der Waals surface area contributed by atoms with E-state index in [1.54, 1.807) is 0 Å². The molecule has 1 heterocycles. The molecule has 17 heavy (non-hydrogen) atoms. The van der Waals surface area contributed by atoms with E-state index in [1.165, 1.54) is 0 Å². The van der Waals surface area contributed by atoms with Crippen LogP contribution < -0.4 is 4.90 Å². The molecule has 1 amide bonds. The molecule has 0 aromatic heterocycles. The lowest BCUT2D eigenvalue weighted by atomic mass is 9.85. The van der Waals surface area contributed by atoms with Crippen LogP contribution in [0, 0.1) is 6.92 Å². The molecule has 0 saturated heterocycles. The maximum atomic E-state index is 12.4. The smallest absolute Gasteiger partial charge is 0.237 e. The molecule has 1 aromatic rings. The summed E-state index contributed by atoms with van der Waals surface area (Å²) >= 11 is 0. The summed E-state index contributed by atoms with van der Waals surface area (Å²) in [4.78, 5) is 14.3. The molecule has 0 fully saturated rings. The monoisotopic (exact) mass is 230 g/mol. The second-order valence-electron chi connectivity index (χ2n) is 5.29. The zero-order valence-electron chi connectivity index (χ0n) is 10.9. The van der Waals surface area contributed by atoms with Gasteiger partial charge in [0.2, 0.25) is 5.91 Å². The van der Waals surface area contributed by atoms with Crippen LogP contribution in [0.2, 0.25) is 0 Å². The van der Waals surface area contributed by atoms with Crippen LogP contribution in [0.5, 0.6) is 0 Å². The topological polar surface area (TPSA) is 20.3 Å². The molecule has 1 radical (unpaired) electrons. The Morgan fingerprint density at radius 1 is 1.35 bits per heavy atom. The fourth-order valence-corrected chi connectivity index (χ4v) is 2.42. The second kappa shape index (κ2) is 4.17. The van der Waals surface area contributed by atoms with Crippen LogP contribution in [0.1, 0.15) is 44.7 Å². The number of carbonyl (C=O) groups excluding carboxylic acids is 1. The zero-order valence-corrected chi connectivity index (χ0v) is 10.9. The highest BCUT2D eigenvalue weighted by Crippen LogP contribution is 2.41. The molecule has 0 bridgehead atoms. The van der Waals surface area contributed by atoms with Crippen LogP contribution in [0.15, 0.2) is 18.2 Å². The standard InChI is InChI=1S/C15H20NO/c1-5-6-9-16-13-8-7-11(2)10-12(13)15(3,4)14(16)17/h7-8,10H,2,5-6,9H2,1,3-4H3. The van der Waals surface area contributed by atoms with E-state index in [-0.39, 0.29) is 5.91 Å². The molecule has 91 valence electrons. The average Bonchev–Trinajstić information content (AvgIpc) is 2.47. The van der Waals surface area contributed by atoms with Crippen LogP contribution in [0.25, 0.3) is 0 Å². The first kappa shape index (κ1) is 12.2. The van der Waals surface area contributed by atoms with E-state index in [2.05, 4.69) is 13.8 Å². The van der Waals surface area contributed by atoms with Gasteiger partial charge in [-0.1, -0.05) is 25.5 Å². The van der Waals surface area contributed by atoms with Gasteiger partial charge in [-0.3, -0.25) is 4.79 Å². The number of hydrogen-bond acceptors (Lipinski definition) is 1. The van der Waals surface area contributed by atoms with Gasteiger partial charge < -0.3 is 4.90 Å². The molecule has 1 aliphatic rings. The minimum absolute atomic E-state index is 0.214. The van der Waals surface area contributed by atoms with Crippen molar-refractivity contribution in [2.75, 3.05) is 11.4 Å². The summed E-state index contributed by atoms with van der Waals surface area (Å²) in [5.41, 5.74) is 2.76. The second-order valence-corrected chi connectivity index (χ2v) is 5.29. The molecule has 2 nitrogen and oxygen atoms in total. The predicted octanol–water partition coefficient (Wildman–Crippen LogP) is 3.29. The quantitative estimate of drug-likeness (QED) is 0.780. The summed E-state index contributed by atoms with van der Waals surface area (Å²) in [5, 5.41) is 0. The fourth-order valence-electron chi connectivity index (χ4n) is 2.42. The van der Waals surface area contributed by atoms with Gasteiger partial charge in [0.25, 0.3) is 0 Å². The Labute approximate surface area is 104 Å². The lowest BCUT2D eigenvalue weighted by molar-refractivity contribution is -0.122. The summed E-state index contributed by atoms with van der Waals surface area (Å²) in [7, 11) is 0. The third-order valence-corrected chi connectivity index (χ3v) is 3.54. The van der Waals surface area contributed by atoms with E-state index in [9.17, 15) is 4.79 Å². The molecule has 0 spiro atoms. The minimum atomic E-state index is -0.406. The maximum absolute atomic E-state index is 12.4. The van der Waals surface area contributed by atoms with E-state index >= 15 is 0 Å². The summed E-state index contributed by atoms with van der Waals surface area (Å²) in [6.07, 6.45) is 2.15. The van der Waals surface area contributed by atoms with Gasteiger partial charge in [0, 0.05) is 12.2 Å². The van der Waals surface area contributed by atoms with Gasteiger partial charge in [0.1, 0.15) is 0 Å². The van der Waals surface area contributed by atoms with Crippen molar-refractivity contribution in [2.45, 2.75) is 39.0 Å². The lowest BCUT2D eigenvalue weighted by Gasteiger charge is -2.20. The highest BCUT2D eigenvalue weighted by molar-refractivity contribution is 6.07. The zero-order chi connectivity index (χ0) is 12.6. The number of anilines is 1. The molecule has 0 aliphatic carbocycles. The molecule has 0 N–H and O–H groups in total. The van der Waals surface area contributed by atoms with Gasteiger partial charge in [-0.05, 0) is 44.4 Å². The number of fused-ring (bicyclic) bond motifs is 1. The van der Waals surface area contributed by atoms with Gasteiger partial charge in [-0.15, -0.1) is 0 Å². The number of nitrogens with zero attached hydrogens (tertiary/aromatic N) is 1. The third-order valence-electron chi connectivity index (χ3n) is 3.54. The van der Waals surface area contributed by atoms with Crippen LogP contribution >= 0.6 is 0 Å². The molecule has 2 rings (SSSR count). The van der Waals surface area contributed by atoms with Gasteiger partial charge in [0.15, 0.2) is 0 Å². The maximum Gasteiger partial charge on any atom is 0.237 e. The first-order chi connectivity index (χ1) is 7.98. The molecule has 0 saturated carbocycles. The van der Waals surface area contributed by atoms with Gasteiger partial charge in [-0.25, -0.2) is 0 Å². The molecular weight excluding hydrogens is 210 g/mol. The molecule has 1 aliphatic heterocycles. The van der Waals surface area contributed by atoms with Crippen molar-refractivity contribution in [3.05, 3.63) is 36.2 Å². The fraction of sp³-hybridized carbons (Fsp3) is 0.467. The minimum Gasteiger partial charge on any atom is -0.311 e. The van der Waals surface area contributed by atoms with Crippen molar-refractivity contribution in [1.29, 1.82) is 0 Å². The van der Waals surface area contributed by atoms with Crippen molar-refractivity contribution < 1.29 is 4.79 Å². The van der Waals surface area contributed by atoms with E-state index < -0.39 is 5.41 Å². The largest absolute Gasteiger partial charge is 0.311 e. The van der Waals surface area contributed by atoms with Crippen molar-refractivity contribution in [1.82, 2.24) is 0 Å². The van der Waals surface area contributed by atoms with E-state index in [0.717, 1.165) is 36.2 Å². The Bertz CT molecular complexity index is 448. The SMILES string of the molecule is [CH2]c1ccc2c(c1)C(C)(C)C(=O)N2CCCC. The van der Waals surface area contributed by atoms with Gasteiger partial charge >= 0.3 is 0 Å². The van der Waals surface area contributed by atoms with Crippen LogP contribution in [0.3, 0.4) is 0 Å². The van der Waals surface area contributed by atoms with Crippen LogP contribution in [-0.2, 0) is 10.2 Å². The number of unbranched alkanes of at least 4 members (excludes halogenated alkanes) is 1. The highest BCUT2D eigenvalue weighted by atomic mass is 16.2. The number of rotatable bonds is 3. The Morgan fingerprint density at radius 2 is 2.06 bits per heavy atom. The summed E-state index contributed by atoms with van der Waals surface area (Å²) in [6, 6.07) is 6.05. The summed E-state index contributed by atoms with van der Waals surface area (Å²) < 4.78 is 0. The molecular formula is C15H20NO. The molecule has 1 aromatic carbocycles. The van der Waals surface area contributed by atoms with Crippen molar-refractivity contribution in [3.8, 4) is 0 Å². The van der Waals surface area contributed by atoms with E-state index in [1.807, 2.05) is 36.9 Å². The van der Waals surface area contributed by atoms with Crippen molar-refractivity contribution in [2.24, 2.45) is 0 Å².